The molecule has 0 saturated heterocycles. The molecular weight excluding hydrogens is 330 g/mol. The van der Waals surface area contributed by atoms with Crippen molar-refractivity contribution in [3.63, 3.8) is 0 Å². The van der Waals surface area contributed by atoms with Gasteiger partial charge in [0.15, 0.2) is 11.7 Å². The van der Waals surface area contributed by atoms with E-state index in [0.29, 0.717) is 22.5 Å². The van der Waals surface area contributed by atoms with Gasteiger partial charge in [-0.25, -0.2) is 0 Å². The van der Waals surface area contributed by atoms with E-state index in [0.717, 1.165) is 5.56 Å². The molecule has 0 aliphatic heterocycles. The summed E-state index contributed by atoms with van der Waals surface area (Å²) in [7, 11) is 0. The van der Waals surface area contributed by atoms with E-state index in [4.69, 9.17) is 9.15 Å². The minimum Gasteiger partial charge on any atom is -0.473 e. The first-order valence-corrected chi connectivity index (χ1v) is 8.68. The number of fused-ring (bicyclic) bond motifs is 1. The number of nitrogens with one attached hydrogen (secondary N) is 1. The summed E-state index contributed by atoms with van der Waals surface area (Å²) in [6, 6.07) is 16.1. The lowest BCUT2D eigenvalue weighted by molar-refractivity contribution is 0.0218. The smallest absolute Gasteiger partial charge is 0.193 e. The van der Waals surface area contributed by atoms with E-state index in [9.17, 15) is 9.90 Å². The maximum absolute atomic E-state index is 12.2. The zero-order valence-corrected chi connectivity index (χ0v) is 15.1. The van der Waals surface area contributed by atoms with Gasteiger partial charge >= 0.3 is 0 Å². The van der Waals surface area contributed by atoms with Gasteiger partial charge in [-0.3, -0.25) is 10.1 Å². The summed E-state index contributed by atoms with van der Waals surface area (Å²) >= 11 is 0. The summed E-state index contributed by atoms with van der Waals surface area (Å²) in [6.45, 7) is 5.66. The van der Waals surface area contributed by atoms with E-state index in [-0.39, 0.29) is 11.5 Å². The van der Waals surface area contributed by atoms with Crippen LogP contribution in [0.5, 0.6) is 5.75 Å². The number of benzene rings is 2. The van der Waals surface area contributed by atoms with Crippen molar-refractivity contribution in [1.29, 1.82) is 0 Å². The van der Waals surface area contributed by atoms with Gasteiger partial charge in [0.1, 0.15) is 23.2 Å². The highest BCUT2D eigenvalue weighted by Gasteiger charge is 2.17. The standard InChI is InChI=1S/C21H23NO4/c1-13(2)22-21(14(3)23)25-16-10-8-15(9-11-16)20-12-18(24)17-6-4-5-7-19(17)26-20/h4-14,21-23H,1-3H3. The summed E-state index contributed by atoms with van der Waals surface area (Å²) in [5.41, 5.74) is 1.27. The molecule has 2 atom stereocenters. The molecule has 2 unspecified atom stereocenters. The Morgan fingerprint density at radius 1 is 1.04 bits per heavy atom. The van der Waals surface area contributed by atoms with E-state index in [1.54, 1.807) is 31.2 Å². The van der Waals surface area contributed by atoms with E-state index in [2.05, 4.69) is 5.32 Å². The van der Waals surface area contributed by atoms with Gasteiger partial charge in [-0.05, 0) is 57.2 Å². The SMILES string of the molecule is CC(C)NC(Oc1ccc(-c2cc(=O)c3ccccc3o2)cc1)C(C)O. The van der Waals surface area contributed by atoms with Crippen molar-refractivity contribution >= 4 is 11.0 Å². The van der Waals surface area contributed by atoms with E-state index in [1.165, 1.54) is 6.07 Å². The van der Waals surface area contributed by atoms with E-state index < -0.39 is 12.3 Å². The molecule has 0 amide bonds. The summed E-state index contributed by atoms with van der Waals surface area (Å²) in [5, 5.41) is 13.6. The summed E-state index contributed by atoms with van der Waals surface area (Å²) in [5.74, 6) is 1.13. The predicted molar refractivity (Wildman–Crippen MR) is 102 cm³/mol. The molecule has 2 N–H and O–H groups in total. The highest BCUT2D eigenvalue weighted by atomic mass is 16.5. The minimum absolute atomic E-state index is 0.0718. The van der Waals surface area contributed by atoms with Crippen LogP contribution < -0.4 is 15.5 Å². The molecule has 0 aliphatic carbocycles. The lowest BCUT2D eigenvalue weighted by atomic mass is 10.1. The van der Waals surface area contributed by atoms with Crippen LogP contribution in [-0.4, -0.2) is 23.5 Å². The Morgan fingerprint density at radius 3 is 2.38 bits per heavy atom. The van der Waals surface area contributed by atoms with Gasteiger partial charge in [0.2, 0.25) is 0 Å². The van der Waals surface area contributed by atoms with Gasteiger partial charge < -0.3 is 14.3 Å². The van der Waals surface area contributed by atoms with Gasteiger partial charge in [0.25, 0.3) is 0 Å². The number of aliphatic hydroxyl groups excluding tert-OH is 1. The molecule has 1 heterocycles. The van der Waals surface area contributed by atoms with E-state index >= 15 is 0 Å². The van der Waals surface area contributed by atoms with Crippen LogP contribution in [0.4, 0.5) is 0 Å². The van der Waals surface area contributed by atoms with Crippen LogP contribution in [0.25, 0.3) is 22.3 Å². The Labute approximate surface area is 152 Å². The first-order chi connectivity index (χ1) is 12.4. The molecule has 5 nitrogen and oxygen atoms in total. The quantitative estimate of drug-likeness (QED) is 0.663. The molecule has 0 saturated carbocycles. The molecule has 0 aliphatic rings. The zero-order chi connectivity index (χ0) is 18.7. The molecule has 2 aromatic carbocycles. The average molecular weight is 353 g/mol. The Balaban J connectivity index is 1.84. The van der Waals surface area contributed by atoms with Crippen molar-refractivity contribution in [1.82, 2.24) is 5.32 Å². The van der Waals surface area contributed by atoms with Crippen molar-refractivity contribution in [3.05, 3.63) is 64.8 Å². The second kappa shape index (κ2) is 7.72. The summed E-state index contributed by atoms with van der Waals surface area (Å²) in [6.07, 6.45) is -1.16. The maximum Gasteiger partial charge on any atom is 0.193 e. The second-order valence-electron chi connectivity index (χ2n) is 6.60. The normalized spacial score (nSPS) is 13.7. The lowest BCUT2D eigenvalue weighted by Crippen LogP contribution is -2.46. The average Bonchev–Trinajstić information content (AvgIpc) is 2.61. The zero-order valence-electron chi connectivity index (χ0n) is 15.1. The van der Waals surface area contributed by atoms with Gasteiger partial charge in [0, 0.05) is 17.7 Å². The van der Waals surface area contributed by atoms with E-state index in [1.807, 2.05) is 38.1 Å². The van der Waals surface area contributed by atoms with Crippen LogP contribution in [-0.2, 0) is 0 Å². The molecule has 0 fully saturated rings. The van der Waals surface area contributed by atoms with Gasteiger partial charge in [-0.1, -0.05) is 12.1 Å². The topological polar surface area (TPSA) is 71.7 Å². The number of hydrogen-bond acceptors (Lipinski definition) is 5. The molecule has 136 valence electrons. The lowest BCUT2D eigenvalue weighted by Gasteiger charge is -2.25. The molecule has 0 radical (unpaired) electrons. The Hall–Kier alpha value is -2.63. The maximum atomic E-state index is 12.2. The molecule has 3 rings (SSSR count). The van der Waals surface area contributed by atoms with Crippen LogP contribution >= 0.6 is 0 Å². The molecular formula is C21H23NO4. The summed E-state index contributed by atoms with van der Waals surface area (Å²) < 4.78 is 11.7. The van der Waals surface area contributed by atoms with Crippen molar-refractivity contribution in [3.8, 4) is 17.1 Å². The highest BCUT2D eigenvalue weighted by Crippen LogP contribution is 2.24. The monoisotopic (exact) mass is 353 g/mol. The fourth-order valence-electron chi connectivity index (χ4n) is 2.69. The number of hydrogen-bond donors (Lipinski definition) is 2. The number of rotatable bonds is 6. The largest absolute Gasteiger partial charge is 0.473 e. The van der Waals surface area contributed by atoms with Crippen LogP contribution in [0.1, 0.15) is 20.8 Å². The van der Waals surface area contributed by atoms with Crippen molar-refractivity contribution in [2.45, 2.75) is 39.1 Å². The second-order valence-corrected chi connectivity index (χ2v) is 6.60. The van der Waals surface area contributed by atoms with Gasteiger partial charge in [0.05, 0.1) is 5.39 Å². The Morgan fingerprint density at radius 2 is 1.73 bits per heavy atom. The van der Waals surface area contributed by atoms with Crippen LogP contribution in [0, 0.1) is 0 Å². The van der Waals surface area contributed by atoms with Gasteiger partial charge in [-0.2, -0.15) is 0 Å². The number of aliphatic hydroxyl groups is 1. The first kappa shape index (κ1) is 18.2. The molecule has 0 bridgehead atoms. The third kappa shape index (κ3) is 4.12. The third-order valence-corrected chi connectivity index (χ3v) is 3.97. The van der Waals surface area contributed by atoms with Crippen molar-refractivity contribution in [2.24, 2.45) is 0 Å². The number of para-hydroxylation sites is 1. The van der Waals surface area contributed by atoms with Crippen LogP contribution in [0.2, 0.25) is 0 Å². The fraction of sp³-hybridized carbons (Fsp3) is 0.286. The molecule has 0 spiro atoms. The first-order valence-electron chi connectivity index (χ1n) is 8.68. The summed E-state index contributed by atoms with van der Waals surface area (Å²) in [4.78, 5) is 12.2. The predicted octanol–water partition coefficient (Wildman–Crippen LogP) is 3.54. The van der Waals surface area contributed by atoms with Crippen LogP contribution in [0.3, 0.4) is 0 Å². The van der Waals surface area contributed by atoms with Crippen molar-refractivity contribution < 1.29 is 14.3 Å². The Bertz CT molecular complexity index is 929. The van der Waals surface area contributed by atoms with Gasteiger partial charge in [-0.15, -0.1) is 0 Å². The molecule has 3 aromatic rings. The Kier molecular flexibility index (Phi) is 5.40. The van der Waals surface area contributed by atoms with Crippen LogP contribution in [0.15, 0.2) is 63.8 Å². The number of ether oxygens (including phenoxy) is 1. The molecule has 5 heteroatoms. The fourth-order valence-corrected chi connectivity index (χ4v) is 2.69. The van der Waals surface area contributed by atoms with Crippen molar-refractivity contribution in [2.75, 3.05) is 0 Å². The molecule has 26 heavy (non-hydrogen) atoms. The third-order valence-electron chi connectivity index (χ3n) is 3.97. The molecule has 1 aromatic heterocycles. The highest BCUT2D eigenvalue weighted by molar-refractivity contribution is 5.78. The minimum atomic E-state index is -0.657.